The molecule has 5 nitrogen and oxygen atoms in total. The van der Waals surface area contributed by atoms with Crippen molar-refractivity contribution in [2.45, 2.75) is 38.9 Å². The summed E-state index contributed by atoms with van der Waals surface area (Å²) in [6.45, 7) is 7.98. The molecule has 0 aliphatic carbocycles. The third-order valence-electron chi connectivity index (χ3n) is 2.96. The molecular weight excluding hydrogens is 194 g/mol. The summed E-state index contributed by atoms with van der Waals surface area (Å²) in [6, 6.07) is 1.84. The summed E-state index contributed by atoms with van der Waals surface area (Å²) in [6.07, 6.45) is 1.85. The molecule has 1 aliphatic heterocycles. The van der Waals surface area contributed by atoms with Crippen molar-refractivity contribution in [1.82, 2.24) is 9.78 Å². The molecule has 1 aliphatic rings. The second-order valence-electron chi connectivity index (χ2n) is 4.81. The molecule has 1 saturated heterocycles. The van der Waals surface area contributed by atoms with Crippen LogP contribution in [0.3, 0.4) is 0 Å². The largest absolute Gasteiger partial charge is 0.274 e. The Labute approximate surface area is 89.5 Å². The summed E-state index contributed by atoms with van der Waals surface area (Å²) in [5.74, 6) is 0.663. The summed E-state index contributed by atoms with van der Waals surface area (Å²) in [5, 5.41) is 5.61. The summed E-state index contributed by atoms with van der Waals surface area (Å²) in [4.78, 5) is 11.4. The van der Waals surface area contributed by atoms with Crippen molar-refractivity contribution < 1.29 is 9.68 Å². The molecule has 0 amide bonds. The predicted molar refractivity (Wildman–Crippen MR) is 56.0 cm³/mol. The lowest BCUT2D eigenvalue weighted by Gasteiger charge is -2.26. The smallest absolute Gasteiger partial charge is 0.204 e. The molecule has 15 heavy (non-hydrogen) atoms. The molecule has 1 aromatic rings. The first-order chi connectivity index (χ1) is 6.82. The number of aromatic nitrogens is 2. The van der Waals surface area contributed by atoms with Crippen molar-refractivity contribution in [3.05, 3.63) is 12.3 Å². The number of nitrogens with zero attached hydrogens (tertiary/aromatic N) is 3. The first-order valence-corrected chi connectivity index (χ1v) is 5.00. The highest BCUT2D eigenvalue weighted by atomic mass is 17.0. The Kier molecular flexibility index (Phi) is 2.06. The quantitative estimate of drug-likeness (QED) is 0.708. The molecule has 0 spiro atoms. The molecule has 0 N–H and O–H groups in total. The lowest BCUT2D eigenvalue weighted by Crippen LogP contribution is -2.41. The molecule has 0 atom stereocenters. The van der Waals surface area contributed by atoms with Crippen molar-refractivity contribution in [1.29, 1.82) is 0 Å². The van der Waals surface area contributed by atoms with Crippen LogP contribution in [0.15, 0.2) is 12.3 Å². The SMILES string of the molecule is Cn1ccc(N2OC(C)(C)C(C)(C)O2)n1. The minimum absolute atomic E-state index is 0.371. The van der Waals surface area contributed by atoms with Crippen LogP contribution < -0.4 is 5.23 Å². The Morgan fingerprint density at radius 3 is 2.07 bits per heavy atom. The van der Waals surface area contributed by atoms with E-state index >= 15 is 0 Å². The monoisotopic (exact) mass is 211 g/mol. The van der Waals surface area contributed by atoms with Crippen LogP contribution in [-0.4, -0.2) is 21.0 Å². The molecule has 1 fully saturated rings. The number of anilines is 1. The van der Waals surface area contributed by atoms with E-state index in [-0.39, 0.29) is 11.2 Å². The Balaban J connectivity index is 2.23. The molecule has 2 rings (SSSR count). The highest BCUT2D eigenvalue weighted by molar-refractivity contribution is 5.31. The molecule has 0 bridgehead atoms. The van der Waals surface area contributed by atoms with Crippen molar-refractivity contribution in [3.63, 3.8) is 0 Å². The maximum Gasteiger partial charge on any atom is 0.204 e. The molecule has 0 unspecified atom stereocenters. The molecule has 0 saturated carbocycles. The molecule has 5 heteroatoms. The van der Waals surface area contributed by atoms with Crippen LogP contribution in [0.4, 0.5) is 5.82 Å². The zero-order valence-corrected chi connectivity index (χ0v) is 9.81. The Morgan fingerprint density at radius 1 is 1.13 bits per heavy atom. The lowest BCUT2D eigenvalue weighted by molar-refractivity contribution is -0.0294. The second kappa shape index (κ2) is 2.96. The highest BCUT2D eigenvalue weighted by Gasteiger charge is 2.50. The van der Waals surface area contributed by atoms with Gasteiger partial charge in [-0.2, -0.15) is 5.10 Å². The fourth-order valence-corrected chi connectivity index (χ4v) is 1.25. The van der Waals surface area contributed by atoms with Crippen LogP contribution in [0.2, 0.25) is 0 Å². The molecule has 0 radical (unpaired) electrons. The Hall–Kier alpha value is -1.07. The van der Waals surface area contributed by atoms with E-state index in [0.29, 0.717) is 5.82 Å². The van der Waals surface area contributed by atoms with Crippen molar-refractivity contribution in [2.24, 2.45) is 7.05 Å². The van der Waals surface area contributed by atoms with Crippen molar-refractivity contribution in [2.75, 3.05) is 5.23 Å². The van der Waals surface area contributed by atoms with Crippen LogP contribution in [-0.2, 0) is 16.7 Å². The molecule has 0 aromatic carbocycles. The van der Waals surface area contributed by atoms with Gasteiger partial charge in [0.05, 0.1) is 0 Å². The van der Waals surface area contributed by atoms with Gasteiger partial charge >= 0.3 is 0 Å². The van der Waals surface area contributed by atoms with Gasteiger partial charge in [0.2, 0.25) is 5.82 Å². The number of aryl methyl sites for hydroxylation is 1. The van der Waals surface area contributed by atoms with Gasteiger partial charge in [-0.1, -0.05) is 0 Å². The zero-order chi connectivity index (χ0) is 11.3. The lowest BCUT2D eigenvalue weighted by atomic mass is 9.90. The minimum Gasteiger partial charge on any atom is -0.274 e. The van der Waals surface area contributed by atoms with Crippen LogP contribution in [0.5, 0.6) is 0 Å². The van der Waals surface area contributed by atoms with Crippen molar-refractivity contribution >= 4 is 5.82 Å². The van der Waals surface area contributed by atoms with Crippen molar-refractivity contribution in [3.8, 4) is 0 Å². The Morgan fingerprint density at radius 2 is 1.67 bits per heavy atom. The van der Waals surface area contributed by atoms with E-state index in [1.807, 2.05) is 47.0 Å². The Bertz CT molecular complexity index is 354. The topological polar surface area (TPSA) is 39.5 Å². The minimum atomic E-state index is -0.371. The summed E-state index contributed by atoms with van der Waals surface area (Å²) in [5.41, 5.74) is -0.741. The summed E-state index contributed by atoms with van der Waals surface area (Å²) in [7, 11) is 1.86. The van der Waals surface area contributed by atoms with Crippen LogP contribution in [0.1, 0.15) is 27.7 Å². The van der Waals surface area contributed by atoms with Gasteiger partial charge < -0.3 is 0 Å². The van der Waals surface area contributed by atoms with Crippen LogP contribution in [0, 0.1) is 0 Å². The van der Waals surface area contributed by atoms with E-state index in [1.165, 1.54) is 5.23 Å². The van der Waals surface area contributed by atoms with Gasteiger partial charge in [0.15, 0.2) is 0 Å². The van der Waals surface area contributed by atoms with Gasteiger partial charge in [-0.15, -0.1) is 5.23 Å². The van der Waals surface area contributed by atoms with E-state index in [1.54, 1.807) is 4.68 Å². The fourth-order valence-electron chi connectivity index (χ4n) is 1.25. The highest BCUT2D eigenvalue weighted by Crippen LogP contribution is 2.39. The molecule has 84 valence electrons. The number of hydrogen-bond donors (Lipinski definition) is 0. The van der Waals surface area contributed by atoms with E-state index in [0.717, 1.165) is 0 Å². The van der Waals surface area contributed by atoms with Gasteiger partial charge in [0, 0.05) is 19.3 Å². The average molecular weight is 211 g/mol. The summed E-state index contributed by atoms with van der Waals surface area (Å²) >= 11 is 0. The standard InChI is InChI=1S/C10H17N3O2/c1-9(2)10(3,4)15-13(14-9)8-6-7-12(5)11-8/h6-7H,1-5H3. The maximum atomic E-state index is 5.70. The summed E-state index contributed by atoms with van der Waals surface area (Å²) < 4.78 is 1.71. The van der Waals surface area contributed by atoms with Crippen LogP contribution >= 0.6 is 0 Å². The zero-order valence-electron chi connectivity index (χ0n) is 9.81. The van der Waals surface area contributed by atoms with Gasteiger partial charge in [-0.25, -0.2) is 9.68 Å². The molecular formula is C10H17N3O2. The van der Waals surface area contributed by atoms with Gasteiger partial charge in [-0.05, 0) is 27.7 Å². The third kappa shape index (κ3) is 1.61. The second-order valence-corrected chi connectivity index (χ2v) is 4.81. The van der Waals surface area contributed by atoms with Crippen LogP contribution in [0.25, 0.3) is 0 Å². The van der Waals surface area contributed by atoms with Gasteiger partial charge in [-0.3, -0.25) is 4.68 Å². The maximum absolute atomic E-state index is 5.70. The molecule has 1 aromatic heterocycles. The van der Waals surface area contributed by atoms with E-state index in [9.17, 15) is 0 Å². The third-order valence-corrected chi connectivity index (χ3v) is 2.96. The molecule has 2 heterocycles. The predicted octanol–water partition coefficient (Wildman–Crippen LogP) is 1.66. The number of rotatable bonds is 1. The van der Waals surface area contributed by atoms with Gasteiger partial charge in [0.1, 0.15) is 11.2 Å². The first kappa shape index (κ1) is 10.4. The normalized spacial score (nSPS) is 23.4. The van der Waals surface area contributed by atoms with E-state index < -0.39 is 0 Å². The average Bonchev–Trinajstić information content (AvgIpc) is 2.56. The number of hydrogen-bond acceptors (Lipinski definition) is 4. The van der Waals surface area contributed by atoms with Gasteiger partial charge in [0.25, 0.3) is 0 Å². The van der Waals surface area contributed by atoms with E-state index in [2.05, 4.69) is 5.10 Å². The first-order valence-electron chi connectivity index (χ1n) is 5.00. The fraction of sp³-hybridized carbons (Fsp3) is 0.700. The van der Waals surface area contributed by atoms with E-state index in [4.69, 9.17) is 9.68 Å².